The summed E-state index contributed by atoms with van der Waals surface area (Å²) in [6, 6.07) is 3.64. The van der Waals surface area contributed by atoms with E-state index in [1.54, 1.807) is 13.0 Å². The molecule has 1 amide bonds. The van der Waals surface area contributed by atoms with Gasteiger partial charge in [-0.05, 0) is 43.9 Å². The Hall–Kier alpha value is -1.50. The molecule has 1 saturated heterocycles. The van der Waals surface area contributed by atoms with Crippen molar-refractivity contribution < 1.29 is 23.7 Å². The number of benzene rings is 1. The number of amides is 1. The van der Waals surface area contributed by atoms with Crippen molar-refractivity contribution in [2.45, 2.75) is 51.4 Å². The maximum absolute atomic E-state index is 12.3. The van der Waals surface area contributed by atoms with Gasteiger partial charge >= 0.3 is 0 Å². The maximum Gasteiger partial charge on any atom is 0.249 e. The van der Waals surface area contributed by atoms with Crippen LogP contribution in [-0.4, -0.2) is 44.5 Å². The first-order chi connectivity index (χ1) is 12.6. The van der Waals surface area contributed by atoms with Gasteiger partial charge in [0.05, 0.1) is 30.9 Å². The largest absolute Gasteiger partial charge is 0.489 e. The number of fused-ring (bicyclic) bond motifs is 1. The van der Waals surface area contributed by atoms with Gasteiger partial charge in [0.1, 0.15) is 6.10 Å². The molecule has 0 aromatic heterocycles. The van der Waals surface area contributed by atoms with Crippen molar-refractivity contribution >= 4 is 17.5 Å². The van der Waals surface area contributed by atoms with E-state index in [0.717, 1.165) is 37.9 Å². The van der Waals surface area contributed by atoms with Gasteiger partial charge in [-0.2, -0.15) is 0 Å². The minimum atomic E-state index is -0.531. The van der Waals surface area contributed by atoms with Gasteiger partial charge in [0.2, 0.25) is 5.91 Å². The third kappa shape index (κ3) is 5.25. The zero-order valence-electron chi connectivity index (χ0n) is 15.1. The van der Waals surface area contributed by atoms with Crippen LogP contribution in [0.2, 0.25) is 5.02 Å². The van der Waals surface area contributed by atoms with E-state index in [1.165, 1.54) is 0 Å². The summed E-state index contributed by atoms with van der Waals surface area (Å²) in [5.41, 5.74) is 0.857. The van der Waals surface area contributed by atoms with Gasteiger partial charge in [-0.1, -0.05) is 11.6 Å². The molecule has 2 aliphatic heterocycles. The van der Waals surface area contributed by atoms with E-state index in [0.29, 0.717) is 42.9 Å². The van der Waals surface area contributed by atoms with Gasteiger partial charge in [0.15, 0.2) is 11.5 Å². The average Bonchev–Trinajstić information content (AvgIpc) is 2.91. The van der Waals surface area contributed by atoms with Crippen LogP contribution in [0.4, 0.5) is 0 Å². The Bertz CT molecular complexity index is 618. The molecule has 0 radical (unpaired) electrons. The van der Waals surface area contributed by atoms with Gasteiger partial charge in [-0.25, -0.2) is 0 Å². The molecule has 2 heterocycles. The lowest BCUT2D eigenvalue weighted by Gasteiger charge is -2.24. The van der Waals surface area contributed by atoms with Crippen LogP contribution >= 0.6 is 11.6 Å². The first-order valence-corrected chi connectivity index (χ1v) is 9.60. The Labute approximate surface area is 159 Å². The first kappa shape index (κ1) is 19.3. The second-order valence-electron chi connectivity index (χ2n) is 6.64. The minimum Gasteiger partial charge on any atom is -0.489 e. The van der Waals surface area contributed by atoms with Gasteiger partial charge in [-0.3, -0.25) is 4.79 Å². The van der Waals surface area contributed by atoms with E-state index in [1.807, 2.05) is 6.07 Å². The van der Waals surface area contributed by atoms with E-state index >= 15 is 0 Å². The number of hydrogen-bond donors (Lipinski definition) is 1. The predicted molar refractivity (Wildman–Crippen MR) is 97.9 cm³/mol. The van der Waals surface area contributed by atoms with Crippen LogP contribution in [0.15, 0.2) is 12.1 Å². The van der Waals surface area contributed by atoms with Gasteiger partial charge in [0, 0.05) is 19.6 Å². The fourth-order valence-electron chi connectivity index (χ4n) is 2.99. The molecule has 1 aromatic carbocycles. The average molecular weight is 384 g/mol. The Morgan fingerprint density at radius 3 is 2.92 bits per heavy atom. The lowest BCUT2D eigenvalue weighted by Crippen LogP contribution is -2.36. The lowest BCUT2D eigenvalue weighted by atomic mass is 10.1. The topological polar surface area (TPSA) is 66.0 Å². The van der Waals surface area contributed by atoms with Crippen LogP contribution < -0.4 is 14.8 Å². The van der Waals surface area contributed by atoms with E-state index in [2.05, 4.69) is 5.32 Å². The van der Waals surface area contributed by atoms with Crippen LogP contribution in [0.1, 0.15) is 38.2 Å². The molecule has 26 heavy (non-hydrogen) atoms. The lowest BCUT2D eigenvalue weighted by molar-refractivity contribution is -0.135. The quantitative estimate of drug-likeness (QED) is 0.817. The summed E-state index contributed by atoms with van der Waals surface area (Å²) >= 11 is 6.28. The summed E-state index contributed by atoms with van der Waals surface area (Å²) in [7, 11) is 0. The van der Waals surface area contributed by atoms with Crippen LogP contribution in [0.5, 0.6) is 11.5 Å². The van der Waals surface area contributed by atoms with E-state index in [9.17, 15) is 4.79 Å². The van der Waals surface area contributed by atoms with Crippen molar-refractivity contribution in [2.75, 3.05) is 26.4 Å². The fraction of sp³-hybridized carbons (Fsp3) is 0.632. The SMILES string of the molecule is CC(OCC1CCCCO1)C(=O)NCc1cc(Cl)c2c(c1)OCCCO2. The molecule has 0 spiro atoms. The number of hydrogen-bond acceptors (Lipinski definition) is 5. The predicted octanol–water partition coefficient (Wildman–Crippen LogP) is 3.09. The van der Waals surface area contributed by atoms with Crippen molar-refractivity contribution in [1.29, 1.82) is 0 Å². The van der Waals surface area contributed by atoms with Gasteiger partial charge < -0.3 is 24.3 Å². The molecule has 7 heteroatoms. The molecule has 0 saturated carbocycles. The number of halogens is 1. The Morgan fingerprint density at radius 1 is 1.27 bits per heavy atom. The molecule has 2 atom stereocenters. The zero-order chi connectivity index (χ0) is 18.4. The number of nitrogens with one attached hydrogen (secondary N) is 1. The summed E-state index contributed by atoms with van der Waals surface area (Å²) in [4.78, 5) is 12.3. The number of carbonyl (C=O) groups excluding carboxylic acids is 1. The van der Waals surface area contributed by atoms with Crippen LogP contribution in [0.3, 0.4) is 0 Å². The summed E-state index contributed by atoms with van der Waals surface area (Å²) in [5, 5.41) is 3.37. The molecule has 1 N–H and O–H groups in total. The van der Waals surface area contributed by atoms with Crippen LogP contribution in [0, 0.1) is 0 Å². The zero-order valence-corrected chi connectivity index (χ0v) is 15.8. The Balaban J connectivity index is 1.49. The fourth-order valence-corrected chi connectivity index (χ4v) is 3.27. The summed E-state index contributed by atoms with van der Waals surface area (Å²) in [6.45, 7) is 4.50. The van der Waals surface area contributed by atoms with E-state index in [4.69, 9.17) is 30.5 Å². The molecule has 2 aliphatic rings. The maximum atomic E-state index is 12.3. The highest BCUT2D eigenvalue weighted by molar-refractivity contribution is 6.32. The summed E-state index contributed by atoms with van der Waals surface area (Å²) in [5.74, 6) is 1.03. The first-order valence-electron chi connectivity index (χ1n) is 9.22. The molecule has 1 fully saturated rings. The van der Waals surface area contributed by atoms with Crippen molar-refractivity contribution in [3.63, 3.8) is 0 Å². The molecule has 2 unspecified atom stereocenters. The highest BCUT2D eigenvalue weighted by Crippen LogP contribution is 2.37. The molecule has 1 aromatic rings. The molecule has 144 valence electrons. The highest BCUT2D eigenvalue weighted by atomic mass is 35.5. The Morgan fingerprint density at radius 2 is 2.12 bits per heavy atom. The molecular formula is C19H26ClNO5. The third-order valence-electron chi connectivity index (χ3n) is 4.50. The minimum absolute atomic E-state index is 0.0968. The molecule has 0 bridgehead atoms. The van der Waals surface area contributed by atoms with E-state index < -0.39 is 6.10 Å². The second kappa shape index (κ2) is 9.44. The standard InChI is InChI=1S/C19H26ClNO5/c1-13(26-12-15-5-2-3-6-23-15)19(22)21-11-14-9-16(20)18-17(10-14)24-7-4-8-25-18/h9-10,13,15H,2-8,11-12H2,1H3,(H,21,22). The van der Waals surface area contributed by atoms with Gasteiger partial charge in [-0.15, -0.1) is 0 Å². The molecular weight excluding hydrogens is 358 g/mol. The molecule has 6 nitrogen and oxygen atoms in total. The number of ether oxygens (including phenoxy) is 4. The molecule has 3 rings (SSSR count). The smallest absolute Gasteiger partial charge is 0.249 e. The van der Waals surface area contributed by atoms with Crippen molar-refractivity contribution in [1.82, 2.24) is 5.32 Å². The summed E-state index contributed by atoms with van der Waals surface area (Å²) < 4.78 is 22.6. The normalized spacial score (nSPS) is 20.9. The van der Waals surface area contributed by atoms with Crippen molar-refractivity contribution in [3.05, 3.63) is 22.7 Å². The van der Waals surface area contributed by atoms with E-state index in [-0.39, 0.29) is 12.0 Å². The summed E-state index contributed by atoms with van der Waals surface area (Å²) in [6.07, 6.45) is 3.63. The van der Waals surface area contributed by atoms with Crippen LogP contribution in [0.25, 0.3) is 0 Å². The molecule has 0 aliphatic carbocycles. The van der Waals surface area contributed by atoms with Crippen molar-refractivity contribution in [2.24, 2.45) is 0 Å². The van der Waals surface area contributed by atoms with Gasteiger partial charge in [0.25, 0.3) is 0 Å². The number of carbonyl (C=O) groups is 1. The van der Waals surface area contributed by atoms with Crippen molar-refractivity contribution in [3.8, 4) is 11.5 Å². The monoisotopic (exact) mass is 383 g/mol. The van der Waals surface area contributed by atoms with Crippen LogP contribution in [-0.2, 0) is 20.8 Å². The highest BCUT2D eigenvalue weighted by Gasteiger charge is 2.20. The number of rotatable bonds is 6. The Kier molecular flexibility index (Phi) is 7.00. The second-order valence-corrected chi connectivity index (χ2v) is 7.04. The third-order valence-corrected chi connectivity index (χ3v) is 4.78.